The summed E-state index contributed by atoms with van der Waals surface area (Å²) in [7, 11) is 0. The van der Waals surface area contributed by atoms with E-state index in [1.807, 2.05) is 91.2 Å². The number of pyridine rings is 5. The summed E-state index contributed by atoms with van der Waals surface area (Å²) < 4.78 is 27.0. The molecule has 5 N–H and O–H groups in total. The molecule has 5 amide bonds. The lowest BCUT2D eigenvalue weighted by Crippen LogP contribution is -2.59. The van der Waals surface area contributed by atoms with Gasteiger partial charge in [0.25, 0.3) is 29.5 Å². The molecule has 18 saturated carbocycles. The Labute approximate surface area is 884 Å². The SMILES string of the molecule is CCCCc1nc(N2CC3C(C2)C3C(=O)OC(C(=O)OC(C(=O)OC(C(=O)OC(=O)C[C@@H]2CCCN(c3ccc(C(=O)NC4CCCCC4)c(C)n3)C2)[C@H]2CCCN(c3ccc(C(=O)NC45CC6CC(CC(C6)C4)C5)c(C)n3)C2)[C@H]2CCCN(c3ccc(C(=O)NC4C5CC6CC(C5)CC4C6)c(C)n3)C2)[C@H]2CCCN(c3ccc(C(=O)NC4C5CC6CC(C5)CC4C6)c(CCCC)n3)C2)ccc1C(=O)NC1C2CC3CC(C2)CC1C3. The van der Waals surface area contributed by atoms with Crippen molar-refractivity contribution in [3.8, 4) is 0 Å². The van der Waals surface area contributed by atoms with E-state index in [4.69, 9.17) is 43.9 Å². The van der Waals surface area contributed by atoms with E-state index in [0.717, 1.165) is 169 Å². The first-order valence-electron chi connectivity index (χ1n) is 59.4. The van der Waals surface area contributed by atoms with Crippen LogP contribution >= 0.6 is 0 Å². The molecular formula is C121H161N15O14. The Kier molecular flexibility index (Phi) is 29.0. The Balaban J connectivity index is 0.533. The molecule has 5 unspecified atom stereocenters. The molecule has 5 saturated heterocycles. The summed E-state index contributed by atoms with van der Waals surface area (Å²) in [6.07, 6.45) is 33.3. The highest BCUT2D eigenvalue weighted by atomic mass is 16.6. The van der Waals surface area contributed by atoms with Crippen molar-refractivity contribution in [1.29, 1.82) is 0 Å². The zero-order chi connectivity index (χ0) is 103. The molecule has 804 valence electrons. The number of aromatic nitrogens is 5. The number of hydrogen-bond acceptors (Lipinski definition) is 24. The average molecular weight is 2050 g/mol. The van der Waals surface area contributed by atoms with E-state index < -0.39 is 71.8 Å². The van der Waals surface area contributed by atoms with Crippen LogP contribution in [0.4, 0.5) is 29.1 Å². The number of nitrogens with one attached hydrogen (secondary N) is 5. The third kappa shape index (κ3) is 21.1. The molecule has 0 spiro atoms. The fourth-order valence-electron chi connectivity index (χ4n) is 34.9. The Morgan fingerprint density at radius 2 is 0.687 bits per heavy atom. The van der Waals surface area contributed by atoms with Crippen LogP contribution in [0, 0.1) is 151 Å². The topological polar surface area (TPSA) is 348 Å². The van der Waals surface area contributed by atoms with Gasteiger partial charge in [-0.15, -0.1) is 0 Å². The molecule has 16 bridgehead atoms. The van der Waals surface area contributed by atoms with Gasteiger partial charge in [-0.3, -0.25) is 33.6 Å². The van der Waals surface area contributed by atoms with Gasteiger partial charge >= 0.3 is 29.8 Å². The van der Waals surface area contributed by atoms with Crippen molar-refractivity contribution >= 4 is 88.5 Å². The van der Waals surface area contributed by atoms with E-state index >= 15 is 24.0 Å². The number of hydrogen-bond donors (Lipinski definition) is 5. The van der Waals surface area contributed by atoms with Crippen LogP contribution in [-0.2, 0) is 55.8 Å². The molecule has 5 aromatic rings. The molecule has 23 aliphatic rings. The maximum Gasteiger partial charge on any atom is 0.355 e. The van der Waals surface area contributed by atoms with E-state index in [-0.39, 0.29) is 103 Å². The van der Waals surface area contributed by atoms with Gasteiger partial charge in [-0.05, 0) is 413 Å². The number of fused-ring (bicyclic) bond motifs is 1. The number of rotatable bonds is 33. The molecule has 29 nitrogen and oxygen atoms in total. The number of nitrogens with zero attached hydrogens (tertiary/aromatic N) is 10. The van der Waals surface area contributed by atoms with Gasteiger partial charge in [0.15, 0.2) is 0 Å². The van der Waals surface area contributed by atoms with Crippen molar-refractivity contribution in [2.75, 3.05) is 89.9 Å². The van der Waals surface area contributed by atoms with Crippen molar-refractivity contribution in [3.63, 3.8) is 0 Å². The van der Waals surface area contributed by atoms with Crippen LogP contribution in [0.1, 0.15) is 345 Å². The van der Waals surface area contributed by atoms with Gasteiger partial charge in [0.1, 0.15) is 29.1 Å². The number of aryl methyl sites for hydroxylation is 5. The molecule has 5 aromatic heterocycles. The zero-order valence-corrected chi connectivity index (χ0v) is 89.3. The van der Waals surface area contributed by atoms with E-state index in [9.17, 15) is 24.0 Å². The van der Waals surface area contributed by atoms with Gasteiger partial charge in [0.2, 0.25) is 18.3 Å². The van der Waals surface area contributed by atoms with E-state index in [0.29, 0.717) is 237 Å². The largest absolute Gasteiger partial charge is 0.450 e. The summed E-state index contributed by atoms with van der Waals surface area (Å²) in [6.45, 7) is 13.8. The second-order valence-corrected chi connectivity index (χ2v) is 51.5. The molecular weight excluding hydrogens is 1890 g/mol. The predicted octanol–water partition coefficient (Wildman–Crippen LogP) is 17.2. The maximum absolute atomic E-state index is 16.8. The molecule has 0 radical (unpaired) electrons. The highest BCUT2D eigenvalue weighted by Crippen LogP contribution is 2.60. The first-order chi connectivity index (χ1) is 72.8. The number of esters is 5. The fourth-order valence-corrected chi connectivity index (χ4v) is 34.9. The van der Waals surface area contributed by atoms with Crippen molar-refractivity contribution in [1.82, 2.24) is 51.5 Å². The molecule has 29 heteroatoms. The molecule has 18 aliphatic carbocycles. The van der Waals surface area contributed by atoms with Crippen LogP contribution in [0.2, 0.25) is 0 Å². The van der Waals surface area contributed by atoms with E-state index in [1.54, 1.807) is 0 Å². The summed E-state index contributed by atoms with van der Waals surface area (Å²) in [6, 6.07) is 19.4. The molecule has 10 heterocycles. The van der Waals surface area contributed by atoms with Crippen molar-refractivity contribution in [2.24, 2.45) is 130 Å². The van der Waals surface area contributed by atoms with Crippen LogP contribution in [0.15, 0.2) is 60.7 Å². The van der Waals surface area contributed by atoms with Gasteiger partial charge in [0.05, 0.1) is 68.6 Å². The van der Waals surface area contributed by atoms with Crippen LogP contribution in [0.3, 0.4) is 0 Å². The third-order valence-corrected chi connectivity index (χ3v) is 41.2. The highest BCUT2D eigenvalue weighted by Gasteiger charge is 2.63. The average Bonchev–Trinajstić information content (AvgIpc) is 1.56. The lowest BCUT2D eigenvalue weighted by atomic mass is 9.53. The molecule has 5 aliphatic heterocycles. The van der Waals surface area contributed by atoms with Gasteiger partial charge in [0, 0.05) is 113 Å². The summed E-state index contributed by atoms with van der Waals surface area (Å²) in [4.78, 5) is 189. The van der Waals surface area contributed by atoms with Gasteiger partial charge < -0.3 is 70.0 Å². The smallest absolute Gasteiger partial charge is 0.355 e. The summed E-state index contributed by atoms with van der Waals surface area (Å²) in [5, 5.41) is 17.4. The van der Waals surface area contributed by atoms with Crippen LogP contribution in [0.5, 0.6) is 0 Å². The molecule has 28 rings (SSSR count). The number of ether oxygens (including phenoxy) is 4. The van der Waals surface area contributed by atoms with Gasteiger partial charge in [-0.1, -0.05) is 46.0 Å². The van der Waals surface area contributed by atoms with Crippen molar-refractivity contribution < 1.29 is 66.9 Å². The fraction of sp³-hybridized carbons (Fsp3) is 0.711. The maximum atomic E-state index is 16.8. The van der Waals surface area contributed by atoms with Crippen LogP contribution in [0.25, 0.3) is 0 Å². The number of piperidine rings is 5. The zero-order valence-electron chi connectivity index (χ0n) is 89.3. The Bertz CT molecular complexity index is 5810. The molecule has 150 heavy (non-hydrogen) atoms. The first kappa shape index (κ1) is 101. The lowest BCUT2D eigenvalue weighted by molar-refractivity contribution is -0.193. The quantitative estimate of drug-likeness (QED) is 0.0148. The summed E-state index contributed by atoms with van der Waals surface area (Å²) in [5.74, 6) is 3.85. The second kappa shape index (κ2) is 42.8. The lowest BCUT2D eigenvalue weighted by Gasteiger charge is -2.56. The molecule has 0 aromatic carbocycles. The third-order valence-electron chi connectivity index (χ3n) is 41.2. The normalized spacial score (nSPS) is 34.0. The predicted molar refractivity (Wildman–Crippen MR) is 568 cm³/mol. The minimum Gasteiger partial charge on any atom is -0.450 e. The van der Waals surface area contributed by atoms with Crippen LogP contribution < -0.4 is 51.1 Å². The minimum atomic E-state index is -1.77. The van der Waals surface area contributed by atoms with Crippen molar-refractivity contribution in [2.45, 2.75) is 346 Å². The monoisotopic (exact) mass is 2050 g/mol. The Morgan fingerprint density at radius 1 is 0.347 bits per heavy atom. The number of unbranched alkanes of at least 4 members (excludes halogenated alkanes) is 2. The highest BCUT2D eigenvalue weighted by molar-refractivity contribution is 5.99. The number of anilines is 5. The Morgan fingerprint density at radius 3 is 1.09 bits per heavy atom. The number of carbonyl (C=O) groups excluding carboxylic acids is 10. The minimum absolute atomic E-state index is 0.0444. The van der Waals surface area contributed by atoms with Gasteiger partial charge in [-0.2, -0.15) is 0 Å². The first-order valence-corrected chi connectivity index (χ1v) is 59.4. The second-order valence-electron chi connectivity index (χ2n) is 51.5. The standard InChI is InChI=1S/C121H161N15O14/c1-6-8-23-97-93(114(140)129-107-85-49-73-40-74(51-85)52-86(107)50-73)28-33-102(126-97)135-38-16-19-81(64-135)110(148-117(143)105-95-65-136(66-96(95)105)103-34-29-94(98(127-103)24-9-7-2)115(141)130-108-87-53-75-41-76(55-87)56-88(108)54-75)119(145)150-111(82-20-15-37-134(63-82)100-31-26-91(68(4)123-100)113(139)128-106-83-45-71-39-72(47-83)48-84(106)46-71)120(146)149-109(80-18-14-36-133(62-80)101-32-27-92(69(5)124-101)116(142)131-121-58-77-42-78(59-121)44-79(43-77)60-121)118(144)147-104(137)57-70-17-13-35-132(61-70)99-30-25-90(67(3)122-99)112(138)125-89-21-11-10-12-22-89/h25-34,70-89,95-96,105-111H,6-24,35-66H2,1-5H3,(H,125,138)(H,128,139)(H,129,140)(H,130,141)(H,131,142)/t70-,71?,72?,73?,74?,75?,76?,77?,78?,79?,80-,81-,82-,83?,84?,85?,86?,87?,88?,95?,96?,105?,106?,107?,108?,109?,110?,111?,121?/m0/s1. The van der Waals surface area contributed by atoms with Crippen molar-refractivity contribution in [3.05, 3.63) is 117 Å². The van der Waals surface area contributed by atoms with Gasteiger partial charge in [-0.25, -0.2) is 39.3 Å². The summed E-state index contributed by atoms with van der Waals surface area (Å²) >= 11 is 0. The number of amides is 5. The van der Waals surface area contributed by atoms with E-state index in [1.165, 1.54) is 70.6 Å². The number of carbonyl (C=O) groups is 10. The van der Waals surface area contributed by atoms with E-state index in [2.05, 4.69) is 55.1 Å². The Hall–Kier alpha value is -10.4. The molecule has 9 atom stereocenters. The van der Waals surface area contributed by atoms with Crippen LogP contribution in [-0.4, -0.2) is 198 Å². The summed E-state index contributed by atoms with van der Waals surface area (Å²) in [5.41, 5.74) is 5.63. The molecule has 23 fully saturated rings.